The second kappa shape index (κ2) is 25.7. The molecule has 0 radical (unpaired) electrons. The molecular formula is C60H70O11S. The van der Waals surface area contributed by atoms with Gasteiger partial charge in [-0.05, 0) is 66.3 Å². The van der Waals surface area contributed by atoms with Crippen LogP contribution < -0.4 is 0 Å². The van der Waals surface area contributed by atoms with Gasteiger partial charge in [-0.25, -0.2) is 4.79 Å². The number of hydrogen-bond acceptors (Lipinski definition) is 12. The molecule has 0 amide bonds. The Morgan fingerprint density at radius 3 is 1.69 bits per heavy atom. The molecule has 12 heteroatoms. The maximum absolute atomic E-state index is 14.5. The van der Waals surface area contributed by atoms with Crippen molar-refractivity contribution < 1.29 is 52.5 Å². The first-order valence-electron chi connectivity index (χ1n) is 26.3. The van der Waals surface area contributed by atoms with Gasteiger partial charge in [0.15, 0.2) is 18.7 Å². The Morgan fingerprint density at radius 1 is 0.583 bits per heavy atom. The predicted octanol–water partition coefficient (Wildman–Crippen LogP) is 11.2. The highest BCUT2D eigenvalue weighted by Crippen LogP contribution is 2.47. The predicted molar refractivity (Wildman–Crippen MR) is 275 cm³/mol. The van der Waals surface area contributed by atoms with Crippen LogP contribution in [-0.4, -0.2) is 90.1 Å². The smallest absolute Gasteiger partial charge is 0.338 e. The molecule has 3 saturated heterocycles. The maximum Gasteiger partial charge on any atom is 0.338 e. The first kappa shape index (κ1) is 51.1. The lowest BCUT2D eigenvalue weighted by Crippen LogP contribution is -2.67. The number of thioether (sulfide) groups is 1. The molecule has 382 valence electrons. The van der Waals surface area contributed by atoms with E-state index in [0.29, 0.717) is 29.3 Å². The highest BCUT2D eigenvalue weighted by molar-refractivity contribution is 8.00. The molecule has 2 saturated carbocycles. The van der Waals surface area contributed by atoms with E-state index < -0.39 is 72.8 Å². The molecule has 2 aliphatic carbocycles. The number of carbonyl (C=O) groups excluding carboxylic acids is 1. The van der Waals surface area contributed by atoms with E-state index in [2.05, 4.69) is 0 Å². The van der Waals surface area contributed by atoms with Crippen LogP contribution in [0.3, 0.4) is 0 Å². The minimum Gasteiger partial charge on any atom is -0.450 e. The molecule has 0 bridgehead atoms. The Bertz CT molecular complexity index is 2340. The van der Waals surface area contributed by atoms with E-state index in [0.717, 1.165) is 22.3 Å². The van der Waals surface area contributed by atoms with Crippen molar-refractivity contribution in [3.63, 3.8) is 0 Å². The minimum atomic E-state index is -1.29. The fraction of sp³-hybridized carbons (Fsp3) is 0.483. The number of carbonyl (C=O) groups is 1. The van der Waals surface area contributed by atoms with Crippen LogP contribution in [0, 0.1) is 11.8 Å². The third-order valence-electron chi connectivity index (χ3n) is 15.0. The Kier molecular flexibility index (Phi) is 18.2. The molecule has 3 aliphatic heterocycles. The van der Waals surface area contributed by atoms with E-state index in [9.17, 15) is 9.90 Å². The summed E-state index contributed by atoms with van der Waals surface area (Å²) in [7, 11) is 0. The van der Waals surface area contributed by atoms with Crippen LogP contribution in [0.15, 0.2) is 152 Å². The zero-order valence-electron chi connectivity index (χ0n) is 41.1. The van der Waals surface area contributed by atoms with Gasteiger partial charge in [0, 0.05) is 10.8 Å². The number of rotatable bonds is 19. The Labute approximate surface area is 429 Å². The van der Waals surface area contributed by atoms with Crippen LogP contribution >= 0.6 is 11.8 Å². The SMILES string of the molecule is O=C(O[C@H]1[C@H](O[C@@H]2[C@@H](O)[C@H](SC(C3CCCCC3)C3CCCCC3)O[C@@H]3CO[C@@H](c4ccccc4)O[C@@H]23)O[C@H](COCc2ccccc2)[C@@H](OCc2ccccc2)[C@@H]1OCc1ccccc1)c1ccccc1. The fourth-order valence-corrected chi connectivity index (χ4v) is 13.1. The number of aliphatic hydroxyl groups is 1. The first-order valence-corrected chi connectivity index (χ1v) is 27.3. The van der Waals surface area contributed by atoms with Crippen molar-refractivity contribution in [2.24, 2.45) is 11.8 Å². The van der Waals surface area contributed by atoms with Crippen LogP contribution in [0.25, 0.3) is 0 Å². The van der Waals surface area contributed by atoms with E-state index in [1.54, 1.807) is 36.0 Å². The second-order valence-corrected chi connectivity index (χ2v) is 21.3. The molecule has 5 aromatic carbocycles. The molecule has 1 N–H and O–H groups in total. The van der Waals surface area contributed by atoms with E-state index in [1.165, 1.54) is 64.2 Å². The van der Waals surface area contributed by atoms with Gasteiger partial charge in [-0.1, -0.05) is 178 Å². The van der Waals surface area contributed by atoms with Gasteiger partial charge in [0.25, 0.3) is 0 Å². The van der Waals surface area contributed by atoms with Crippen LogP contribution in [0.2, 0.25) is 0 Å². The van der Waals surface area contributed by atoms with Gasteiger partial charge in [0.1, 0.15) is 48.2 Å². The molecule has 0 unspecified atom stereocenters. The van der Waals surface area contributed by atoms with Crippen molar-refractivity contribution in [1.82, 2.24) is 0 Å². The maximum atomic E-state index is 14.5. The van der Waals surface area contributed by atoms with Gasteiger partial charge in [-0.15, -0.1) is 11.8 Å². The van der Waals surface area contributed by atoms with Crippen molar-refractivity contribution in [1.29, 1.82) is 0 Å². The lowest BCUT2D eigenvalue weighted by Gasteiger charge is -2.51. The summed E-state index contributed by atoms with van der Waals surface area (Å²) >= 11 is 1.78. The Hall–Kier alpha value is -4.44. The lowest BCUT2D eigenvalue weighted by molar-refractivity contribution is -0.370. The van der Waals surface area contributed by atoms with Crippen LogP contribution in [0.1, 0.15) is 103 Å². The number of hydrogen-bond donors (Lipinski definition) is 1. The van der Waals surface area contributed by atoms with Gasteiger partial charge in [-0.2, -0.15) is 0 Å². The van der Waals surface area contributed by atoms with Gasteiger partial charge in [0.05, 0.1) is 38.6 Å². The summed E-state index contributed by atoms with van der Waals surface area (Å²) in [5.41, 5.74) is 3.40. The summed E-state index contributed by atoms with van der Waals surface area (Å²) in [6.07, 6.45) is 2.82. The third kappa shape index (κ3) is 13.1. The normalized spacial score (nSPS) is 29.3. The average Bonchev–Trinajstić information content (AvgIpc) is 3.44. The quantitative estimate of drug-likeness (QED) is 0.0793. The molecule has 5 aromatic rings. The van der Waals surface area contributed by atoms with Gasteiger partial charge in [-0.3, -0.25) is 0 Å². The molecule has 72 heavy (non-hydrogen) atoms. The summed E-state index contributed by atoms with van der Waals surface area (Å²) in [5, 5.41) is 13.3. The van der Waals surface area contributed by atoms with Crippen LogP contribution in [0.5, 0.6) is 0 Å². The largest absolute Gasteiger partial charge is 0.450 e. The second-order valence-electron chi connectivity index (χ2n) is 20.0. The third-order valence-corrected chi connectivity index (χ3v) is 16.7. The van der Waals surface area contributed by atoms with Crippen LogP contribution in [-0.2, 0) is 62.5 Å². The van der Waals surface area contributed by atoms with Gasteiger partial charge < -0.3 is 47.7 Å². The topological polar surface area (TPSA) is 120 Å². The molecule has 0 aromatic heterocycles. The summed E-state index contributed by atoms with van der Waals surface area (Å²) in [6.45, 7) is 1.02. The van der Waals surface area contributed by atoms with Crippen molar-refractivity contribution in [3.8, 4) is 0 Å². The number of esters is 1. The molecular weight excluding hydrogens is 929 g/mol. The fourth-order valence-electron chi connectivity index (χ4n) is 11.3. The van der Waals surface area contributed by atoms with E-state index in [-0.39, 0.29) is 26.4 Å². The lowest BCUT2D eigenvalue weighted by atomic mass is 9.77. The number of fused-ring (bicyclic) bond motifs is 1. The molecule has 5 aliphatic rings. The highest BCUT2D eigenvalue weighted by Gasteiger charge is 2.56. The van der Waals surface area contributed by atoms with Crippen molar-refractivity contribution in [3.05, 3.63) is 179 Å². The number of aliphatic hydroxyl groups excluding tert-OH is 1. The zero-order valence-corrected chi connectivity index (χ0v) is 41.9. The standard InChI is InChI=1S/C60H70O11S/c61-50-53(52-49(40-66-58(70-52)47-34-20-7-21-35-47)68-60(50)72-56(44-28-14-4-15-29-44)45-30-16-5-17-31-45)71-59-55(69-57(62)46-32-18-6-19-33-46)54(65-38-43-26-12-3-13-27-43)51(64-37-42-24-10-2-11-25-42)48(67-59)39-63-36-41-22-8-1-9-23-41/h1-3,6-13,18-27,32-35,44-45,48-56,58-61H,4-5,14-17,28-31,36-40H2/t48-,49-,50-,51-,52-,53-,54+,55-,58-,59+,60+/m1/s1. The van der Waals surface area contributed by atoms with Gasteiger partial charge >= 0.3 is 5.97 Å². The summed E-state index contributed by atoms with van der Waals surface area (Å²) in [5.74, 6) is 0.493. The van der Waals surface area contributed by atoms with Crippen molar-refractivity contribution >= 4 is 17.7 Å². The van der Waals surface area contributed by atoms with Crippen LogP contribution in [0.4, 0.5) is 0 Å². The highest BCUT2D eigenvalue weighted by atomic mass is 32.2. The number of benzene rings is 5. The minimum absolute atomic E-state index is 0.0878. The zero-order chi connectivity index (χ0) is 48.9. The monoisotopic (exact) mass is 998 g/mol. The van der Waals surface area contributed by atoms with Crippen molar-refractivity contribution in [2.75, 3.05) is 13.2 Å². The Morgan fingerprint density at radius 2 is 1.11 bits per heavy atom. The summed E-state index contributed by atoms with van der Waals surface area (Å²) in [4.78, 5) is 14.5. The van der Waals surface area contributed by atoms with E-state index >= 15 is 0 Å². The summed E-state index contributed by atoms with van der Waals surface area (Å²) < 4.78 is 61.7. The molecule has 5 fully saturated rings. The summed E-state index contributed by atoms with van der Waals surface area (Å²) in [6, 6.07) is 48.4. The molecule has 11 atom stereocenters. The van der Waals surface area contributed by atoms with Gasteiger partial charge in [0.2, 0.25) is 0 Å². The number of ether oxygens (including phenoxy) is 9. The molecule has 10 rings (SSSR count). The van der Waals surface area contributed by atoms with E-state index in [1.807, 2.05) is 127 Å². The molecule has 0 spiro atoms. The molecule has 3 heterocycles. The first-order chi connectivity index (χ1) is 35.5. The Balaban J connectivity index is 1.02. The van der Waals surface area contributed by atoms with Crippen molar-refractivity contribution in [2.45, 2.75) is 156 Å². The molecule has 11 nitrogen and oxygen atoms in total. The van der Waals surface area contributed by atoms with E-state index in [4.69, 9.17) is 42.6 Å². The average molecular weight is 999 g/mol.